The first-order valence-corrected chi connectivity index (χ1v) is 7.56. The molecule has 108 valence electrons. The summed E-state index contributed by atoms with van der Waals surface area (Å²) in [7, 11) is -3.81. The molecular formula is C12H13NO6S. The van der Waals surface area contributed by atoms with Crippen LogP contribution in [0.25, 0.3) is 0 Å². The molecule has 1 aromatic rings. The predicted octanol–water partition coefficient (Wildman–Crippen LogP) is 0.398. The van der Waals surface area contributed by atoms with Crippen molar-refractivity contribution in [3.8, 4) is 11.5 Å². The summed E-state index contributed by atoms with van der Waals surface area (Å²) in [6.45, 7) is 1.78. The number of hydrogen-bond donors (Lipinski definition) is 1. The van der Waals surface area contributed by atoms with Gasteiger partial charge in [0.1, 0.15) is 12.1 Å². The number of rotatable bonds is 3. The van der Waals surface area contributed by atoms with Gasteiger partial charge in [-0.1, -0.05) is 0 Å². The van der Waals surface area contributed by atoms with E-state index in [1.54, 1.807) is 6.92 Å². The number of fused-ring (bicyclic) bond motifs is 1. The van der Waals surface area contributed by atoms with E-state index in [0.717, 1.165) is 0 Å². The Morgan fingerprint density at radius 2 is 2.00 bits per heavy atom. The Morgan fingerprint density at radius 3 is 2.70 bits per heavy atom. The number of cyclic esters (lactones) is 1. The van der Waals surface area contributed by atoms with Crippen molar-refractivity contribution in [1.29, 1.82) is 0 Å². The van der Waals surface area contributed by atoms with Crippen LogP contribution in [-0.4, -0.2) is 33.3 Å². The molecule has 1 fully saturated rings. The van der Waals surface area contributed by atoms with Crippen LogP contribution in [0.2, 0.25) is 0 Å². The van der Waals surface area contributed by atoms with Crippen molar-refractivity contribution in [2.75, 3.05) is 6.79 Å². The standard InChI is InChI=1S/C12H13NO6S/c1-7-4-9(12(14)19-7)13-20(15,16)8-2-3-10-11(5-8)18-6-17-10/h2-3,5,7,9,13H,4,6H2,1H3/t7-,9+/m0/s1. The van der Waals surface area contributed by atoms with Gasteiger partial charge in [-0.3, -0.25) is 4.79 Å². The van der Waals surface area contributed by atoms with Crippen LogP contribution in [0.5, 0.6) is 11.5 Å². The van der Waals surface area contributed by atoms with Crippen LogP contribution in [-0.2, 0) is 19.6 Å². The summed E-state index contributed by atoms with van der Waals surface area (Å²) in [5.74, 6) is 0.315. The lowest BCUT2D eigenvalue weighted by atomic mass is 10.2. The van der Waals surface area contributed by atoms with Crippen LogP contribution in [0.1, 0.15) is 13.3 Å². The molecule has 1 N–H and O–H groups in total. The third kappa shape index (κ3) is 2.32. The lowest BCUT2D eigenvalue weighted by Crippen LogP contribution is -2.37. The molecule has 2 heterocycles. The summed E-state index contributed by atoms with van der Waals surface area (Å²) in [4.78, 5) is 11.5. The molecule has 2 aliphatic heterocycles. The summed E-state index contributed by atoms with van der Waals surface area (Å²) in [6, 6.07) is 3.45. The second kappa shape index (κ2) is 4.64. The first-order valence-electron chi connectivity index (χ1n) is 6.08. The molecule has 1 saturated heterocycles. The second-order valence-corrected chi connectivity index (χ2v) is 6.39. The lowest BCUT2D eigenvalue weighted by molar-refractivity contribution is -0.142. The fourth-order valence-electron chi connectivity index (χ4n) is 2.15. The quantitative estimate of drug-likeness (QED) is 0.812. The van der Waals surface area contributed by atoms with Gasteiger partial charge in [0.2, 0.25) is 16.8 Å². The molecule has 0 unspecified atom stereocenters. The zero-order valence-electron chi connectivity index (χ0n) is 10.7. The molecule has 3 rings (SSSR count). The number of benzene rings is 1. The normalized spacial score (nSPS) is 24.8. The minimum atomic E-state index is -3.81. The number of carbonyl (C=O) groups is 1. The van der Waals surface area contributed by atoms with E-state index < -0.39 is 22.0 Å². The fourth-order valence-corrected chi connectivity index (χ4v) is 3.36. The van der Waals surface area contributed by atoms with Crippen molar-refractivity contribution in [2.45, 2.75) is 30.4 Å². The number of nitrogens with one attached hydrogen (secondary N) is 1. The van der Waals surface area contributed by atoms with Gasteiger partial charge in [-0.2, -0.15) is 4.72 Å². The third-order valence-electron chi connectivity index (χ3n) is 3.12. The van der Waals surface area contributed by atoms with Gasteiger partial charge in [-0.15, -0.1) is 0 Å². The van der Waals surface area contributed by atoms with Crippen LogP contribution in [0.3, 0.4) is 0 Å². The maximum Gasteiger partial charge on any atom is 0.324 e. The molecular weight excluding hydrogens is 286 g/mol. The van der Waals surface area contributed by atoms with Crippen molar-refractivity contribution in [3.63, 3.8) is 0 Å². The predicted molar refractivity (Wildman–Crippen MR) is 66.8 cm³/mol. The topological polar surface area (TPSA) is 90.9 Å². The monoisotopic (exact) mass is 299 g/mol. The highest BCUT2D eigenvalue weighted by atomic mass is 32.2. The molecule has 8 heteroatoms. The second-order valence-electron chi connectivity index (χ2n) is 4.67. The molecule has 2 atom stereocenters. The zero-order chi connectivity index (χ0) is 14.3. The van der Waals surface area contributed by atoms with E-state index in [2.05, 4.69) is 4.72 Å². The van der Waals surface area contributed by atoms with E-state index in [1.807, 2.05) is 0 Å². The summed E-state index contributed by atoms with van der Waals surface area (Å²) < 4.78 is 42.0. The molecule has 0 bridgehead atoms. The average Bonchev–Trinajstić information content (AvgIpc) is 2.95. The van der Waals surface area contributed by atoms with Gasteiger partial charge in [0.05, 0.1) is 4.90 Å². The summed E-state index contributed by atoms with van der Waals surface area (Å²) in [5, 5.41) is 0. The number of hydrogen-bond acceptors (Lipinski definition) is 6. The van der Waals surface area contributed by atoms with Crippen LogP contribution in [0.15, 0.2) is 23.1 Å². The van der Waals surface area contributed by atoms with Crippen molar-refractivity contribution in [1.82, 2.24) is 4.72 Å². The van der Waals surface area contributed by atoms with E-state index in [0.29, 0.717) is 17.9 Å². The molecule has 20 heavy (non-hydrogen) atoms. The maximum absolute atomic E-state index is 12.2. The van der Waals surface area contributed by atoms with Crippen LogP contribution in [0.4, 0.5) is 0 Å². The minimum absolute atomic E-state index is 0.0223. The Hall–Kier alpha value is -1.80. The molecule has 0 aliphatic carbocycles. The van der Waals surface area contributed by atoms with Gasteiger partial charge in [0.15, 0.2) is 11.5 Å². The molecule has 0 saturated carbocycles. The molecule has 7 nitrogen and oxygen atoms in total. The average molecular weight is 299 g/mol. The van der Waals surface area contributed by atoms with E-state index in [4.69, 9.17) is 14.2 Å². The van der Waals surface area contributed by atoms with Crippen molar-refractivity contribution >= 4 is 16.0 Å². The molecule has 2 aliphatic rings. The molecule has 1 aromatic carbocycles. The Labute approximate surface area is 115 Å². The highest BCUT2D eigenvalue weighted by Gasteiger charge is 2.35. The zero-order valence-corrected chi connectivity index (χ0v) is 11.5. The SMILES string of the molecule is C[C@H]1C[C@@H](NS(=O)(=O)c2ccc3c(c2)OCO3)C(=O)O1. The van der Waals surface area contributed by atoms with E-state index >= 15 is 0 Å². The molecule has 0 spiro atoms. The van der Waals surface area contributed by atoms with Gasteiger partial charge in [0.25, 0.3) is 0 Å². The molecule has 0 aromatic heterocycles. The lowest BCUT2D eigenvalue weighted by Gasteiger charge is -2.10. The summed E-state index contributed by atoms with van der Waals surface area (Å²) in [6.07, 6.45) is 0.0368. The number of sulfonamides is 1. The van der Waals surface area contributed by atoms with Crippen molar-refractivity contribution in [2.24, 2.45) is 0 Å². The number of ether oxygens (including phenoxy) is 3. The maximum atomic E-state index is 12.2. The van der Waals surface area contributed by atoms with E-state index in [9.17, 15) is 13.2 Å². The van der Waals surface area contributed by atoms with Gasteiger partial charge in [-0.25, -0.2) is 8.42 Å². The van der Waals surface area contributed by atoms with Crippen molar-refractivity contribution in [3.05, 3.63) is 18.2 Å². The Morgan fingerprint density at radius 1 is 1.25 bits per heavy atom. The Bertz CT molecular complexity index is 656. The van der Waals surface area contributed by atoms with E-state index in [-0.39, 0.29) is 17.8 Å². The van der Waals surface area contributed by atoms with Crippen LogP contribution < -0.4 is 14.2 Å². The van der Waals surface area contributed by atoms with Crippen molar-refractivity contribution < 1.29 is 27.4 Å². The van der Waals surface area contributed by atoms with Gasteiger partial charge < -0.3 is 14.2 Å². The number of esters is 1. The summed E-state index contributed by atoms with van der Waals surface area (Å²) >= 11 is 0. The highest BCUT2D eigenvalue weighted by Crippen LogP contribution is 2.34. The van der Waals surface area contributed by atoms with Crippen LogP contribution >= 0.6 is 0 Å². The minimum Gasteiger partial charge on any atom is -0.461 e. The van der Waals surface area contributed by atoms with E-state index in [1.165, 1.54) is 18.2 Å². The highest BCUT2D eigenvalue weighted by molar-refractivity contribution is 7.89. The van der Waals surface area contributed by atoms with Gasteiger partial charge >= 0.3 is 5.97 Å². The van der Waals surface area contributed by atoms with Gasteiger partial charge in [0, 0.05) is 12.5 Å². The summed E-state index contributed by atoms with van der Waals surface area (Å²) in [5.41, 5.74) is 0. The largest absolute Gasteiger partial charge is 0.461 e. The third-order valence-corrected chi connectivity index (χ3v) is 4.59. The fraction of sp³-hybridized carbons (Fsp3) is 0.417. The molecule has 0 amide bonds. The Kier molecular flexibility index (Phi) is 3.06. The number of carbonyl (C=O) groups excluding carboxylic acids is 1. The van der Waals surface area contributed by atoms with Crippen LogP contribution in [0, 0.1) is 0 Å². The van der Waals surface area contributed by atoms with Gasteiger partial charge in [-0.05, 0) is 19.1 Å². The first-order chi connectivity index (χ1) is 9.45. The molecule has 0 radical (unpaired) electrons. The first kappa shape index (κ1) is 13.2. The Balaban J connectivity index is 1.83. The smallest absolute Gasteiger partial charge is 0.324 e.